The first kappa shape index (κ1) is 127. The first-order valence-electron chi connectivity index (χ1n) is 51.6. The molecule has 0 saturated carbocycles. The normalized spacial score (nSPS) is 14.1. The predicted octanol–water partition coefficient (Wildman–Crippen LogP) is 26.9. The molecule has 5 aliphatic rings. The van der Waals surface area contributed by atoms with E-state index in [2.05, 4.69) is 215 Å². The fourth-order valence-electron chi connectivity index (χ4n) is 17.5. The third kappa shape index (κ3) is 37.0. The van der Waals surface area contributed by atoms with E-state index in [0.717, 1.165) is 232 Å². The maximum absolute atomic E-state index is 12.6. The van der Waals surface area contributed by atoms with Crippen LogP contribution in [0.3, 0.4) is 0 Å². The van der Waals surface area contributed by atoms with Crippen molar-refractivity contribution in [3.63, 3.8) is 0 Å². The van der Waals surface area contributed by atoms with E-state index in [1.807, 2.05) is 33.8 Å². The third-order valence-corrected chi connectivity index (χ3v) is 37.8. The van der Waals surface area contributed by atoms with Gasteiger partial charge in [-0.05, 0) is 227 Å². The number of cyclic esters (lactones) is 5. The van der Waals surface area contributed by atoms with Crippen LogP contribution >= 0.6 is 23.3 Å². The van der Waals surface area contributed by atoms with Crippen LogP contribution in [-0.2, 0) is 144 Å². The molecular weight excluding hydrogens is 1970 g/mol. The minimum absolute atomic E-state index is 0.0652. The van der Waals surface area contributed by atoms with Gasteiger partial charge in [0.15, 0.2) is 0 Å². The van der Waals surface area contributed by atoms with Crippen molar-refractivity contribution < 1.29 is 105 Å². The smallest absolute Gasteiger partial charge is 0.342 e. The van der Waals surface area contributed by atoms with Gasteiger partial charge in [-0.3, -0.25) is 14.2 Å². The summed E-state index contributed by atoms with van der Waals surface area (Å²) in [6.07, 6.45) is 22.8. The summed E-state index contributed by atoms with van der Waals surface area (Å²) in [5.74, 6) is 1.99. The fraction of sp³-hybridized carbons (Fsp3) is 0.579. The number of allylic oxidation sites excluding steroid dienone is 8. The zero-order valence-corrected chi connectivity index (χ0v) is 101. The molecule has 1 atom stereocenters. The third-order valence-electron chi connectivity index (χ3n) is 26.8. The van der Waals surface area contributed by atoms with Gasteiger partial charge in [-0.25, -0.2) is 24.0 Å². The highest BCUT2D eigenvalue weighted by Gasteiger charge is 2.39. The Labute approximate surface area is 871 Å². The van der Waals surface area contributed by atoms with E-state index in [4.69, 9.17) is 57.0 Å². The minimum Gasteiger partial charge on any atom is -0.493 e. The van der Waals surface area contributed by atoms with Crippen molar-refractivity contribution in [3.05, 3.63) is 198 Å². The second-order valence-corrected chi connectivity index (χ2v) is 74.5. The highest BCUT2D eigenvalue weighted by molar-refractivity contribution is 9.09. The Hall–Kier alpha value is -8.17. The lowest BCUT2D eigenvalue weighted by Gasteiger charge is -2.22. The number of rotatable bonds is 47. The number of alkyl halides is 1. The molecule has 1 unspecified atom stereocenters. The second-order valence-electron chi connectivity index (χ2n) is 43.1. The maximum Gasteiger partial charge on any atom is 0.342 e. The van der Waals surface area contributed by atoms with Crippen LogP contribution in [0.1, 0.15) is 264 Å². The average Bonchev–Trinajstić information content (AvgIpc) is 1.67. The predicted molar refractivity (Wildman–Crippen MR) is 601 cm³/mol. The summed E-state index contributed by atoms with van der Waals surface area (Å²) in [5.41, 5.74) is 29.6. The van der Waals surface area contributed by atoms with E-state index in [9.17, 15) is 48.0 Å². The van der Waals surface area contributed by atoms with Crippen LogP contribution in [-0.4, -0.2) is 171 Å². The van der Waals surface area contributed by atoms with E-state index >= 15 is 0 Å². The number of halogens is 1. The summed E-state index contributed by atoms with van der Waals surface area (Å²) < 4.78 is 75.6. The number of carbonyl (C=O) groups excluding carboxylic acids is 8. The van der Waals surface area contributed by atoms with Gasteiger partial charge < -0.3 is 66.9 Å². The van der Waals surface area contributed by atoms with Crippen molar-refractivity contribution >= 4 is 112 Å². The molecule has 0 radical (unpaired) electrons. The summed E-state index contributed by atoms with van der Waals surface area (Å²) >= 11 is 3.57. The number of aldehydes is 3. The van der Waals surface area contributed by atoms with Crippen LogP contribution in [0, 0.1) is 34.6 Å². The number of ether oxygens (including phenoxy) is 10. The van der Waals surface area contributed by atoms with Crippen LogP contribution < -0.4 is 23.7 Å². The Morgan fingerprint density at radius 1 is 0.364 bits per heavy atom. The van der Waals surface area contributed by atoms with Crippen LogP contribution in [0.15, 0.2) is 58.7 Å². The molecule has 5 aromatic rings. The molecule has 5 heterocycles. The summed E-state index contributed by atoms with van der Waals surface area (Å²) in [4.78, 5) is 94.2. The molecule has 796 valence electrons. The number of carbonyl (C=O) groups is 8. The molecule has 0 fully saturated rings. The van der Waals surface area contributed by atoms with Gasteiger partial charge in [-0.1, -0.05) is 225 Å². The summed E-state index contributed by atoms with van der Waals surface area (Å²) in [6.45, 7) is 75.7. The number of aliphatic hydroxyl groups excluding tert-OH is 2. The molecule has 29 heteroatoms. The molecule has 5 aliphatic heterocycles. The van der Waals surface area contributed by atoms with Crippen molar-refractivity contribution in [3.8, 4) is 28.7 Å². The molecule has 143 heavy (non-hydrogen) atoms. The summed E-state index contributed by atoms with van der Waals surface area (Å²) in [6, 6.07) is 5.17. The highest BCUT2D eigenvalue weighted by Crippen LogP contribution is 2.48. The molecule has 0 aliphatic carbocycles. The standard InChI is InChI=1S/C24H39O5PSi.C22H33BrO3Si.C22H34O4Si.C22H32O4Si.C18H26O4Si.C5H8O.CH4O/c1-9-18(16-30(5,26)27-4)11-12-20-19(10-2)17(3)21-15-29-24(25)22(21)23(20)28-13-14-31(6,7)8;3*1-7-16(13-23)9-10-18-17(8-2)15(3)19-14-26-22(24)20(19)21(18)25-11-12-27(4,5)6;1-6-13-12(2)15-11-22-18(20)16(15)17(14(13)7-8-19)21-9-10-23(3,4)5;1-3-5(2)4-6;1-2/h11H,9-10,12-16H2,1-8H3;9H,7-8,10-14H2,1-6H3;9,23H,7-8,10-14H2,1-6H3;9,13H,7-8,10-12,14H2,1-6H3;8H,6-7,9-11H2,1-5H3;4H,2-3H2,1H3;2H,1H3/b18-11+;3*16-9+;;;. The lowest BCUT2D eigenvalue weighted by molar-refractivity contribution is -0.107. The van der Waals surface area contributed by atoms with Crippen molar-refractivity contribution in [2.75, 3.05) is 72.0 Å². The number of aliphatic hydroxyl groups is 2. The molecule has 2 N–H and O–H groups in total. The average molecular weight is 2150 g/mol. The number of benzene rings is 5. The number of esters is 5. The zero-order valence-electron chi connectivity index (χ0n) is 93.5. The molecular formula is C114H176BrO22PSi5. The topological polar surface area (TPSA) is 296 Å². The maximum atomic E-state index is 12.6. The first-order valence-corrected chi connectivity index (χ1v) is 73.5. The van der Waals surface area contributed by atoms with Gasteiger partial charge >= 0.3 is 29.8 Å². The minimum atomic E-state index is -2.64. The lowest BCUT2D eigenvalue weighted by Crippen LogP contribution is -2.23. The molecule has 0 saturated heterocycles. The Morgan fingerprint density at radius 3 is 0.783 bits per heavy atom. The Balaban J connectivity index is 0.000000366. The fourth-order valence-corrected chi connectivity index (χ4v) is 22.9. The van der Waals surface area contributed by atoms with Crippen LogP contribution in [0.4, 0.5) is 0 Å². The van der Waals surface area contributed by atoms with Gasteiger partial charge in [0.1, 0.15) is 108 Å². The second kappa shape index (κ2) is 59.7. The van der Waals surface area contributed by atoms with Gasteiger partial charge in [0.05, 0.1) is 39.6 Å². The van der Waals surface area contributed by atoms with Crippen molar-refractivity contribution in [2.45, 2.75) is 362 Å². The lowest BCUT2D eigenvalue weighted by atomic mass is 9.89. The monoisotopic (exact) mass is 2150 g/mol. The van der Waals surface area contributed by atoms with Gasteiger partial charge in [-0.2, -0.15) is 0 Å². The Bertz CT molecular complexity index is 5290. The van der Waals surface area contributed by atoms with E-state index in [-0.39, 0.29) is 42.9 Å². The molecule has 22 nitrogen and oxygen atoms in total. The molecule has 0 aromatic heterocycles. The molecule has 0 spiro atoms. The summed E-state index contributed by atoms with van der Waals surface area (Å²) in [5, 5.41) is 17.4. The number of fused-ring (bicyclic) bond motifs is 5. The molecule has 0 bridgehead atoms. The zero-order chi connectivity index (χ0) is 108. The quantitative estimate of drug-likeness (QED) is 0.00534. The van der Waals surface area contributed by atoms with Gasteiger partial charge in [-0.15, -0.1) is 0 Å². The van der Waals surface area contributed by atoms with Gasteiger partial charge in [0, 0.05) is 135 Å². The highest BCUT2D eigenvalue weighted by atomic mass is 79.9. The van der Waals surface area contributed by atoms with Crippen molar-refractivity contribution in [1.29, 1.82) is 0 Å². The first-order chi connectivity index (χ1) is 67.2. The largest absolute Gasteiger partial charge is 0.493 e. The van der Waals surface area contributed by atoms with Crippen LogP contribution in [0.5, 0.6) is 28.7 Å². The molecule has 5 aromatic carbocycles. The van der Waals surface area contributed by atoms with Crippen LogP contribution in [0.25, 0.3) is 0 Å². The van der Waals surface area contributed by atoms with E-state index in [1.54, 1.807) is 6.66 Å². The van der Waals surface area contributed by atoms with Gasteiger partial charge in [0.25, 0.3) is 0 Å². The summed E-state index contributed by atoms with van der Waals surface area (Å²) in [7, 11) is -6.34. The Morgan fingerprint density at radius 2 is 0.601 bits per heavy atom. The van der Waals surface area contributed by atoms with E-state index in [0.29, 0.717) is 154 Å². The van der Waals surface area contributed by atoms with Gasteiger partial charge in [0.2, 0.25) is 7.37 Å². The van der Waals surface area contributed by atoms with Crippen molar-refractivity contribution in [2.24, 2.45) is 0 Å². The SMILES string of the molecule is C=C(C=O)CC.CC/C(=C\Cc1c(CC)c(C)c2c(c1OCC[Si](C)(C)C)C(=O)OC2)CBr.CC/C(=C\Cc1c(CC)c(C)c2c(c1OCC[Si](C)(C)C)C(=O)OC2)CO.CC/C(=C\Cc1c(CC)c(C)c2c(c1OCC[Si](C)(C)C)C(=O)OC2)CP(C)(=O)OC.CC/C(C=O)=C\Cc1c(CC)c(C)c2c(c1OCC[Si](C)(C)C)C(=O)OC2.CCc1c(C)c2c(c(OCC[Si](C)(C)C)c1CC=O)C(=O)OC2.CO. The van der Waals surface area contributed by atoms with E-state index in [1.165, 1.54) is 40.5 Å². The van der Waals surface area contributed by atoms with Crippen molar-refractivity contribution in [1.82, 2.24) is 0 Å². The van der Waals surface area contributed by atoms with E-state index < -0.39 is 47.7 Å². The van der Waals surface area contributed by atoms with Crippen LogP contribution in [0.2, 0.25) is 128 Å². The number of hydrogen-bond donors (Lipinski definition) is 2. The number of hydrogen-bond acceptors (Lipinski definition) is 22. The molecule has 10 rings (SSSR count). The molecule has 0 amide bonds. The Kier molecular flexibility index (Phi) is 53.1.